The third-order valence-corrected chi connectivity index (χ3v) is 6.11. The first-order chi connectivity index (χ1) is 9.56. The van der Waals surface area contributed by atoms with Gasteiger partial charge in [0.2, 0.25) is 0 Å². The lowest BCUT2D eigenvalue weighted by Crippen LogP contribution is -2.46. The van der Waals surface area contributed by atoms with E-state index in [9.17, 15) is 0 Å². The summed E-state index contributed by atoms with van der Waals surface area (Å²) in [4.78, 5) is 0. The Bertz CT molecular complexity index is 537. The predicted molar refractivity (Wildman–Crippen MR) is 84.9 cm³/mol. The third kappa shape index (κ3) is 1.70. The highest BCUT2D eigenvalue weighted by molar-refractivity contribution is 5.75. The monoisotopic (exact) mass is 268 g/mol. The minimum atomic E-state index is 0.358. The molecule has 1 aromatic carbocycles. The number of benzene rings is 1. The van der Waals surface area contributed by atoms with Crippen molar-refractivity contribution < 1.29 is 0 Å². The first-order valence-corrected chi connectivity index (χ1v) is 7.90. The fourth-order valence-corrected chi connectivity index (χ4v) is 5.55. The fourth-order valence-electron chi connectivity index (χ4n) is 5.55. The van der Waals surface area contributed by atoms with Crippen LogP contribution in [-0.4, -0.2) is 0 Å². The van der Waals surface area contributed by atoms with Crippen molar-refractivity contribution in [2.45, 2.75) is 38.5 Å². The number of allylic oxidation sites excluding steroid dienone is 1. The van der Waals surface area contributed by atoms with E-state index in [0.29, 0.717) is 16.8 Å². The molecule has 5 rings (SSSR count). The van der Waals surface area contributed by atoms with Crippen LogP contribution in [0.4, 0.5) is 11.4 Å². The third-order valence-electron chi connectivity index (χ3n) is 6.11. The van der Waals surface area contributed by atoms with Crippen molar-refractivity contribution in [2.24, 2.45) is 23.2 Å². The average molecular weight is 268 g/mol. The average Bonchev–Trinajstić information content (AvgIpc) is 2.39. The summed E-state index contributed by atoms with van der Waals surface area (Å²) in [5, 5.41) is 0. The highest BCUT2D eigenvalue weighted by atomic mass is 14.7. The molecular formula is C18H24N2. The molecule has 2 heteroatoms. The number of nitrogen functional groups attached to an aromatic ring is 2. The van der Waals surface area contributed by atoms with E-state index in [1.54, 1.807) is 0 Å². The van der Waals surface area contributed by atoms with Gasteiger partial charge in [0.15, 0.2) is 0 Å². The lowest BCUT2D eigenvalue weighted by atomic mass is 9.47. The Kier molecular flexibility index (Phi) is 2.48. The van der Waals surface area contributed by atoms with Crippen molar-refractivity contribution in [3.63, 3.8) is 0 Å². The van der Waals surface area contributed by atoms with Crippen molar-refractivity contribution in [3.05, 3.63) is 30.3 Å². The molecule has 20 heavy (non-hydrogen) atoms. The molecule has 0 aromatic heterocycles. The smallest absolute Gasteiger partial charge is 0.0553 e. The summed E-state index contributed by atoms with van der Waals surface area (Å²) in [6.07, 6.45) is 8.45. The van der Waals surface area contributed by atoms with Crippen molar-refractivity contribution >= 4 is 16.9 Å². The molecule has 0 aliphatic heterocycles. The molecule has 4 saturated carbocycles. The van der Waals surface area contributed by atoms with E-state index in [4.69, 9.17) is 11.5 Å². The summed E-state index contributed by atoms with van der Waals surface area (Å²) < 4.78 is 0. The van der Waals surface area contributed by atoms with Crippen LogP contribution in [0.1, 0.15) is 44.1 Å². The summed E-state index contributed by atoms with van der Waals surface area (Å²) >= 11 is 0. The van der Waals surface area contributed by atoms with Gasteiger partial charge < -0.3 is 11.5 Å². The minimum absolute atomic E-state index is 0.358. The number of nitrogens with two attached hydrogens (primary N) is 2. The van der Waals surface area contributed by atoms with Crippen LogP contribution in [-0.2, 0) is 0 Å². The molecule has 1 aromatic rings. The fraction of sp³-hybridized carbons (Fsp3) is 0.556. The number of hydrogen-bond donors (Lipinski definition) is 2. The highest BCUT2D eigenvalue weighted by Crippen LogP contribution is 2.64. The number of rotatable bonds is 2. The normalized spacial score (nSPS) is 38.1. The Labute approximate surface area is 121 Å². The Hall–Kier alpha value is -1.44. The van der Waals surface area contributed by atoms with Gasteiger partial charge in [0.1, 0.15) is 0 Å². The maximum Gasteiger partial charge on any atom is 0.0553 e. The van der Waals surface area contributed by atoms with Crippen molar-refractivity contribution in [1.82, 2.24) is 0 Å². The van der Waals surface area contributed by atoms with Gasteiger partial charge in [-0.15, -0.1) is 0 Å². The van der Waals surface area contributed by atoms with Gasteiger partial charge in [-0.1, -0.05) is 12.6 Å². The second-order valence-electron chi connectivity index (χ2n) is 7.52. The van der Waals surface area contributed by atoms with E-state index in [2.05, 4.69) is 12.6 Å². The second-order valence-corrected chi connectivity index (χ2v) is 7.52. The zero-order chi connectivity index (χ0) is 13.9. The summed E-state index contributed by atoms with van der Waals surface area (Å²) in [6.45, 7) is 4.49. The lowest BCUT2D eigenvalue weighted by molar-refractivity contribution is -0.0176. The van der Waals surface area contributed by atoms with Crippen molar-refractivity contribution in [1.29, 1.82) is 0 Å². The second kappa shape index (κ2) is 4.03. The Balaban J connectivity index is 1.69. The van der Waals surface area contributed by atoms with Crippen LogP contribution < -0.4 is 11.5 Å². The maximum atomic E-state index is 5.98. The van der Waals surface area contributed by atoms with Crippen molar-refractivity contribution in [2.75, 3.05) is 11.5 Å². The minimum Gasteiger partial charge on any atom is -0.397 e. The molecule has 0 spiro atoms. The number of hydrogen-bond acceptors (Lipinski definition) is 2. The molecule has 4 aliphatic carbocycles. The van der Waals surface area contributed by atoms with E-state index >= 15 is 0 Å². The molecule has 106 valence electrons. The molecule has 4 bridgehead atoms. The van der Waals surface area contributed by atoms with Crippen LogP contribution in [0.5, 0.6) is 0 Å². The van der Waals surface area contributed by atoms with E-state index in [1.807, 2.05) is 12.1 Å². The van der Waals surface area contributed by atoms with Crippen LogP contribution in [0.15, 0.2) is 24.8 Å². The molecule has 0 radical (unpaired) electrons. The number of anilines is 2. The standard InChI is InChI=1S/C18H24N2/c1-11(15-2-3-16(19)17(20)7-15)18-8-12-4-13(9-18)6-14(5-12)10-18/h2-3,7,12-14H,1,4-6,8-10,19-20H2. The molecule has 4 fully saturated rings. The van der Waals surface area contributed by atoms with Gasteiger partial charge in [-0.3, -0.25) is 0 Å². The molecule has 2 nitrogen and oxygen atoms in total. The zero-order valence-corrected chi connectivity index (χ0v) is 12.1. The largest absolute Gasteiger partial charge is 0.397 e. The zero-order valence-electron chi connectivity index (χ0n) is 12.1. The van der Waals surface area contributed by atoms with Crippen LogP contribution in [0.25, 0.3) is 5.57 Å². The lowest BCUT2D eigenvalue weighted by Gasteiger charge is -2.57. The molecule has 0 unspecified atom stereocenters. The van der Waals surface area contributed by atoms with E-state index in [0.717, 1.165) is 17.8 Å². The van der Waals surface area contributed by atoms with Crippen LogP contribution in [0, 0.1) is 23.2 Å². The summed E-state index contributed by atoms with van der Waals surface area (Å²) in [7, 11) is 0. The van der Waals surface area contributed by atoms with Gasteiger partial charge in [-0.2, -0.15) is 0 Å². The Morgan fingerprint density at radius 2 is 1.50 bits per heavy atom. The van der Waals surface area contributed by atoms with Gasteiger partial charge in [-0.25, -0.2) is 0 Å². The van der Waals surface area contributed by atoms with E-state index in [-0.39, 0.29) is 0 Å². The van der Waals surface area contributed by atoms with E-state index in [1.165, 1.54) is 49.7 Å². The molecule has 4 aliphatic rings. The van der Waals surface area contributed by atoms with Gasteiger partial charge in [0.05, 0.1) is 11.4 Å². The maximum absolute atomic E-state index is 5.98. The summed E-state index contributed by atoms with van der Waals surface area (Å²) in [5.41, 5.74) is 16.1. The van der Waals surface area contributed by atoms with Gasteiger partial charge in [0.25, 0.3) is 0 Å². The Morgan fingerprint density at radius 3 is 2.00 bits per heavy atom. The quantitative estimate of drug-likeness (QED) is 0.794. The first kappa shape index (κ1) is 12.3. The SMILES string of the molecule is C=C(c1ccc(N)c(N)c1)C12CC3CC(CC(C3)C1)C2. The van der Waals surface area contributed by atoms with Gasteiger partial charge in [0, 0.05) is 0 Å². The van der Waals surface area contributed by atoms with Gasteiger partial charge >= 0.3 is 0 Å². The topological polar surface area (TPSA) is 52.0 Å². The first-order valence-electron chi connectivity index (χ1n) is 7.90. The Morgan fingerprint density at radius 1 is 0.950 bits per heavy atom. The van der Waals surface area contributed by atoms with Crippen molar-refractivity contribution in [3.8, 4) is 0 Å². The molecular weight excluding hydrogens is 244 g/mol. The molecule has 4 N–H and O–H groups in total. The summed E-state index contributed by atoms with van der Waals surface area (Å²) in [5.74, 6) is 2.84. The molecule has 0 saturated heterocycles. The highest BCUT2D eigenvalue weighted by Gasteiger charge is 2.52. The van der Waals surface area contributed by atoms with E-state index < -0.39 is 0 Å². The molecule has 0 atom stereocenters. The van der Waals surface area contributed by atoms with Crippen LogP contribution in [0.2, 0.25) is 0 Å². The summed E-state index contributed by atoms with van der Waals surface area (Å²) in [6, 6.07) is 6.05. The molecule has 0 amide bonds. The predicted octanol–water partition coefficient (Wildman–Crippen LogP) is 4.08. The van der Waals surface area contributed by atoms with Gasteiger partial charge in [-0.05, 0) is 85.0 Å². The molecule has 0 heterocycles. The van der Waals surface area contributed by atoms with Crippen LogP contribution in [0.3, 0.4) is 0 Å². The van der Waals surface area contributed by atoms with Crippen LogP contribution >= 0.6 is 0 Å².